The van der Waals surface area contributed by atoms with Crippen molar-refractivity contribution in [3.05, 3.63) is 102 Å². The minimum absolute atomic E-state index is 0.270. The molecular weight excluding hydrogens is 506 g/mol. The Kier molecular flexibility index (Phi) is 7.68. The van der Waals surface area contributed by atoms with Crippen LogP contribution in [-0.2, 0) is 11.3 Å². The lowest BCUT2D eigenvalue weighted by Crippen LogP contribution is -2.34. The van der Waals surface area contributed by atoms with Crippen molar-refractivity contribution in [2.45, 2.75) is 45.9 Å². The highest BCUT2D eigenvalue weighted by Gasteiger charge is 2.19. The van der Waals surface area contributed by atoms with Gasteiger partial charge >= 0.3 is 6.09 Å². The lowest BCUT2D eigenvalue weighted by molar-refractivity contribution is 0.0508. The number of hydrogen-bond donors (Lipinski definition) is 1. The molecule has 1 unspecified atom stereocenters. The van der Waals surface area contributed by atoms with Crippen molar-refractivity contribution in [1.29, 1.82) is 0 Å². The van der Waals surface area contributed by atoms with Crippen LogP contribution < -0.4 is 14.8 Å². The molecule has 2 aromatic heterocycles. The fraction of sp³-hybridized carbons (Fsp3) is 0.219. The third kappa shape index (κ3) is 6.96. The Morgan fingerprint density at radius 3 is 2.50 bits per heavy atom. The Morgan fingerprint density at radius 2 is 1.75 bits per heavy atom. The van der Waals surface area contributed by atoms with Gasteiger partial charge in [0.25, 0.3) is 0 Å². The van der Waals surface area contributed by atoms with Crippen molar-refractivity contribution in [2.24, 2.45) is 0 Å². The zero-order valence-electron chi connectivity index (χ0n) is 22.9. The first kappa shape index (κ1) is 26.7. The summed E-state index contributed by atoms with van der Waals surface area (Å²) in [5.74, 6) is 2.20. The highest BCUT2D eigenvalue weighted by atomic mass is 16.6. The molecule has 1 N–H and O–H groups in total. The third-order valence-corrected chi connectivity index (χ3v) is 5.91. The molecule has 5 aromatic rings. The smallest absolute Gasteiger partial charge is 0.408 e. The zero-order chi connectivity index (χ0) is 28.1. The maximum Gasteiger partial charge on any atom is 0.408 e. The first-order chi connectivity index (χ1) is 19.2. The van der Waals surface area contributed by atoms with Crippen molar-refractivity contribution < 1.29 is 23.4 Å². The summed E-state index contributed by atoms with van der Waals surface area (Å²) >= 11 is 0. The molecule has 0 aliphatic heterocycles. The van der Waals surface area contributed by atoms with Gasteiger partial charge in [0.2, 0.25) is 11.8 Å². The molecule has 40 heavy (non-hydrogen) atoms. The average molecular weight is 538 g/mol. The first-order valence-corrected chi connectivity index (χ1v) is 13.0. The van der Waals surface area contributed by atoms with Gasteiger partial charge in [-0.25, -0.2) is 14.8 Å². The minimum Gasteiger partial charge on any atom is -0.489 e. The van der Waals surface area contributed by atoms with Crippen molar-refractivity contribution in [1.82, 2.24) is 15.3 Å². The van der Waals surface area contributed by atoms with E-state index >= 15 is 0 Å². The summed E-state index contributed by atoms with van der Waals surface area (Å²) in [6.45, 7) is 7.84. The topological polar surface area (TPSA) is 95.7 Å². The van der Waals surface area contributed by atoms with Crippen LogP contribution in [0.3, 0.4) is 0 Å². The predicted octanol–water partition coefficient (Wildman–Crippen LogP) is 7.85. The van der Waals surface area contributed by atoms with Crippen LogP contribution in [0.2, 0.25) is 0 Å². The second kappa shape index (κ2) is 11.5. The summed E-state index contributed by atoms with van der Waals surface area (Å²) in [6.07, 6.45) is 1.18. The highest BCUT2D eigenvalue weighted by Crippen LogP contribution is 2.29. The number of fused-ring (bicyclic) bond motifs is 1. The normalized spacial score (nSPS) is 12.1. The number of alkyl carbamates (subject to hydrolysis) is 1. The van der Waals surface area contributed by atoms with Crippen LogP contribution in [0.25, 0.3) is 22.6 Å². The maximum absolute atomic E-state index is 12.1. The van der Waals surface area contributed by atoms with E-state index in [4.69, 9.17) is 18.6 Å². The Hall–Kier alpha value is -4.85. The summed E-state index contributed by atoms with van der Waals surface area (Å²) < 4.78 is 23.2. The van der Waals surface area contributed by atoms with Gasteiger partial charge < -0.3 is 23.9 Å². The number of hydrogen-bond acceptors (Lipinski definition) is 7. The molecule has 0 radical (unpaired) electrons. The lowest BCUT2D eigenvalue weighted by Gasteiger charge is -2.22. The molecular formula is C32H31N3O5. The van der Waals surface area contributed by atoms with Crippen molar-refractivity contribution in [3.8, 4) is 28.8 Å². The molecule has 1 amide bonds. The van der Waals surface area contributed by atoms with Crippen LogP contribution in [0, 0.1) is 0 Å². The molecule has 0 saturated carbocycles. The van der Waals surface area contributed by atoms with Crippen LogP contribution in [0.4, 0.5) is 4.79 Å². The van der Waals surface area contributed by atoms with Gasteiger partial charge in [0, 0.05) is 18.3 Å². The molecule has 0 saturated heterocycles. The molecule has 3 aromatic carbocycles. The van der Waals surface area contributed by atoms with Crippen molar-refractivity contribution in [2.75, 3.05) is 0 Å². The van der Waals surface area contributed by atoms with Crippen molar-refractivity contribution >= 4 is 17.2 Å². The quantitative estimate of drug-likeness (QED) is 0.215. The highest BCUT2D eigenvalue weighted by molar-refractivity contribution is 5.77. The lowest BCUT2D eigenvalue weighted by atomic mass is 10.1. The summed E-state index contributed by atoms with van der Waals surface area (Å²) in [7, 11) is 0. The number of carbonyl (C=O) groups excluding carboxylic acids is 1. The maximum atomic E-state index is 12.1. The van der Waals surface area contributed by atoms with E-state index in [0.29, 0.717) is 46.5 Å². The number of nitrogens with zero attached hydrogens (tertiary/aromatic N) is 2. The van der Waals surface area contributed by atoms with Gasteiger partial charge in [0.15, 0.2) is 5.58 Å². The Balaban J connectivity index is 1.23. The Bertz CT molecular complexity index is 1590. The number of nitrogens with one attached hydrogen (secondary N) is 1. The summed E-state index contributed by atoms with van der Waals surface area (Å²) in [5, 5.41) is 2.84. The van der Waals surface area contributed by atoms with E-state index in [1.165, 1.54) is 0 Å². The second-order valence-corrected chi connectivity index (χ2v) is 10.4. The fourth-order valence-corrected chi connectivity index (χ4v) is 3.96. The van der Waals surface area contributed by atoms with Crippen molar-refractivity contribution in [3.63, 3.8) is 0 Å². The molecule has 1 atom stereocenters. The molecule has 8 heteroatoms. The molecule has 0 spiro atoms. The molecule has 5 rings (SSSR count). The Morgan fingerprint density at radius 1 is 0.950 bits per heavy atom. The molecule has 204 valence electrons. The van der Waals surface area contributed by atoms with Gasteiger partial charge in [0.05, 0.1) is 11.6 Å². The number of carbonyl (C=O) groups is 1. The zero-order valence-corrected chi connectivity index (χ0v) is 22.9. The summed E-state index contributed by atoms with van der Waals surface area (Å²) in [4.78, 5) is 21.2. The van der Waals surface area contributed by atoms with Crippen LogP contribution in [-0.4, -0.2) is 21.7 Å². The summed E-state index contributed by atoms with van der Waals surface area (Å²) in [6, 6.07) is 26.4. The average Bonchev–Trinajstić information content (AvgIpc) is 3.36. The van der Waals surface area contributed by atoms with Gasteiger partial charge in [-0.3, -0.25) is 0 Å². The van der Waals surface area contributed by atoms with Crippen LogP contribution >= 0.6 is 0 Å². The first-order valence-electron chi connectivity index (χ1n) is 13.0. The summed E-state index contributed by atoms with van der Waals surface area (Å²) in [5.41, 5.74) is 3.42. The minimum atomic E-state index is -0.566. The van der Waals surface area contributed by atoms with Crippen LogP contribution in [0.15, 0.2) is 95.5 Å². The largest absolute Gasteiger partial charge is 0.489 e. The molecule has 2 heterocycles. The number of ether oxygens (including phenoxy) is 3. The monoisotopic (exact) mass is 537 g/mol. The van der Waals surface area contributed by atoms with Crippen LogP contribution in [0.5, 0.6) is 17.4 Å². The van der Waals surface area contributed by atoms with Gasteiger partial charge in [0.1, 0.15) is 29.2 Å². The molecule has 0 bridgehead atoms. The van der Waals surface area contributed by atoms with E-state index in [0.717, 1.165) is 11.1 Å². The molecule has 8 nitrogen and oxygen atoms in total. The molecule has 0 aliphatic carbocycles. The third-order valence-electron chi connectivity index (χ3n) is 5.91. The molecule has 0 aliphatic rings. The van der Waals surface area contributed by atoms with Gasteiger partial charge in [-0.15, -0.1) is 0 Å². The van der Waals surface area contributed by atoms with E-state index in [1.807, 2.05) is 107 Å². The number of rotatable bonds is 8. The van der Waals surface area contributed by atoms with Gasteiger partial charge in [-0.2, -0.15) is 0 Å². The molecule has 0 fully saturated rings. The van der Waals surface area contributed by atoms with Crippen LogP contribution in [0.1, 0.15) is 44.9 Å². The van der Waals surface area contributed by atoms with Gasteiger partial charge in [-0.1, -0.05) is 42.5 Å². The number of pyridine rings is 1. The van der Waals surface area contributed by atoms with Gasteiger partial charge in [-0.05, 0) is 69.2 Å². The second-order valence-electron chi connectivity index (χ2n) is 10.4. The number of amides is 1. The van der Waals surface area contributed by atoms with E-state index in [2.05, 4.69) is 15.3 Å². The Labute approximate surface area is 232 Å². The predicted molar refractivity (Wildman–Crippen MR) is 152 cm³/mol. The number of benzene rings is 3. The van der Waals surface area contributed by atoms with E-state index in [-0.39, 0.29) is 6.04 Å². The van der Waals surface area contributed by atoms with E-state index < -0.39 is 11.7 Å². The number of aromatic nitrogens is 2. The van der Waals surface area contributed by atoms with E-state index in [9.17, 15) is 4.79 Å². The fourth-order valence-electron chi connectivity index (χ4n) is 3.96. The standard InChI is InChI=1S/C32H31N3O5/c1-21(34-31(36)40-32(2,3)4)23-13-15-27-28(17-23)39-30(35-27)24-14-16-29(33-19-24)38-26-12-8-11-25(18-26)37-20-22-9-6-5-7-10-22/h5-19,21H,20H2,1-4H3,(H,34,36). The van der Waals surface area contributed by atoms with E-state index in [1.54, 1.807) is 12.3 Å². The number of oxazole rings is 1. The SMILES string of the molecule is CC(NC(=O)OC(C)(C)C)c1ccc2nc(-c3ccc(Oc4cccc(OCc5ccccc5)c4)nc3)oc2c1.